The number of benzene rings is 1. The van der Waals surface area contributed by atoms with Crippen LogP contribution in [0.1, 0.15) is 22.7 Å². The zero-order valence-corrected chi connectivity index (χ0v) is 12.9. The van der Waals surface area contributed by atoms with Crippen molar-refractivity contribution in [3.05, 3.63) is 56.1 Å². The minimum Gasteiger partial charge on any atom is -0.494 e. The van der Waals surface area contributed by atoms with E-state index < -0.39 is 0 Å². The first-order chi connectivity index (χ1) is 10.0. The molecule has 6 heteroatoms. The molecule has 0 aliphatic carbocycles. The van der Waals surface area contributed by atoms with Crippen molar-refractivity contribution in [1.82, 2.24) is 9.13 Å². The fourth-order valence-electron chi connectivity index (χ4n) is 3.00. The standard InChI is InChI=1S/C15H17N3O2S/c1-17-13(19)11(14(20)18(2)15(17)21)12-10-6-4-3-5-9(10)7-8-16-12/h3-6,12,16,19H,7-8H2,1-2H3/p+1/t12-/m1/s1. The van der Waals surface area contributed by atoms with E-state index in [1.807, 2.05) is 18.2 Å². The Morgan fingerprint density at radius 3 is 2.76 bits per heavy atom. The highest BCUT2D eigenvalue weighted by Gasteiger charge is 2.31. The van der Waals surface area contributed by atoms with Gasteiger partial charge in [0.05, 0.1) is 6.54 Å². The maximum Gasteiger partial charge on any atom is 0.267 e. The van der Waals surface area contributed by atoms with Gasteiger partial charge in [0.1, 0.15) is 11.6 Å². The summed E-state index contributed by atoms with van der Waals surface area (Å²) in [7, 11) is 3.32. The molecule has 1 atom stereocenters. The van der Waals surface area contributed by atoms with E-state index in [1.165, 1.54) is 14.7 Å². The molecule has 0 saturated carbocycles. The minimum atomic E-state index is -0.228. The van der Waals surface area contributed by atoms with Gasteiger partial charge < -0.3 is 10.4 Å². The minimum absolute atomic E-state index is 0.0407. The van der Waals surface area contributed by atoms with E-state index >= 15 is 0 Å². The lowest BCUT2D eigenvalue weighted by atomic mass is 9.90. The van der Waals surface area contributed by atoms with Gasteiger partial charge in [-0.2, -0.15) is 0 Å². The summed E-state index contributed by atoms with van der Waals surface area (Å²) in [6.07, 6.45) is 0.971. The third kappa shape index (κ3) is 2.11. The van der Waals surface area contributed by atoms with Crippen LogP contribution in [0.3, 0.4) is 0 Å². The molecular weight excluding hydrogens is 286 g/mol. The fourth-order valence-corrected chi connectivity index (χ4v) is 3.17. The number of quaternary nitrogens is 1. The molecule has 0 fully saturated rings. The molecule has 0 unspecified atom stereocenters. The van der Waals surface area contributed by atoms with Crippen LogP contribution in [0.15, 0.2) is 29.1 Å². The topological polar surface area (TPSA) is 63.8 Å². The van der Waals surface area contributed by atoms with Crippen LogP contribution in [-0.4, -0.2) is 20.8 Å². The monoisotopic (exact) mass is 304 g/mol. The van der Waals surface area contributed by atoms with Gasteiger partial charge in [-0.25, -0.2) is 0 Å². The Bertz CT molecular complexity index is 823. The van der Waals surface area contributed by atoms with Crippen LogP contribution in [0, 0.1) is 4.77 Å². The molecule has 1 aliphatic rings. The van der Waals surface area contributed by atoms with Crippen molar-refractivity contribution >= 4 is 12.2 Å². The largest absolute Gasteiger partial charge is 0.494 e. The Hall–Kier alpha value is -1.92. The van der Waals surface area contributed by atoms with Crippen LogP contribution in [0.2, 0.25) is 0 Å². The maximum atomic E-state index is 12.6. The first-order valence-corrected chi connectivity index (χ1v) is 7.33. The van der Waals surface area contributed by atoms with Crippen molar-refractivity contribution in [2.75, 3.05) is 6.54 Å². The zero-order valence-electron chi connectivity index (χ0n) is 12.0. The normalized spacial score (nSPS) is 17.5. The van der Waals surface area contributed by atoms with Crippen LogP contribution in [-0.2, 0) is 20.5 Å². The summed E-state index contributed by atoms with van der Waals surface area (Å²) < 4.78 is 3.21. The second kappa shape index (κ2) is 5.13. The van der Waals surface area contributed by atoms with Gasteiger partial charge in [-0.15, -0.1) is 0 Å². The highest BCUT2D eigenvalue weighted by molar-refractivity contribution is 7.71. The zero-order chi connectivity index (χ0) is 15.1. The van der Waals surface area contributed by atoms with Gasteiger partial charge in [-0.3, -0.25) is 13.9 Å². The Morgan fingerprint density at radius 2 is 2.00 bits per heavy atom. The van der Waals surface area contributed by atoms with Gasteiger partial charge in [0.2, 0.25) is 5.88 Å². The second-order valence-corrected chi connectivity index (χ2v) is 5.76. The van der Waals surface area contributed by atoms with Crippen LogP contribution < -0.4 is 10.9 Å². The summed E-state index contributed by atoms with van der Waals surface area (Å²) in [4.78, 5) is 12.6. The molecule has 2 aromatic rings. The van der Waals surface area contributed by atoms with Crippen LogP contribution in [0.5, 0.6) is 5.88 Å². The predicted octanol–water partition coefficient (Wildman–Crippen LogP) is 0.368. The van der Waals surface area contributed by atoms with Crippen LogP contribution >= 0.6 is 12.2 Å². The third-order valence-electron chi connectivity index (χ3n) is 4.18. The second-order valence-electron chi connectivity index (χ2n) is 5.39. The summed E-state index contributed by atoms with van der Waals surface area (Å²) in [5.74, 6) is -0.0407. The number of aromatic nitrogens is 2. The molecule has 110 valence electrons. The number of nitrogens with two attached hydrogens (primary N) is 1. The number of rotatable bonds is 1. The highest BCUT2D eigenvalue weighted by Crippen LogP contribution is 2.27. The molecule has 0 bridgehead atoms. The first-order valence-electron chi connectivity index (χ1n) is 6.92. The summed E-state index contributed by atoms with van der Waals surface area (Å²) >= 11 is 5.16. The average molecular weight is 304 g/mol. The Balaban J connectivity index is 2.29. The smallest absolute Gasteiger partial charge is 0.267 e. The molecule has 3 N–H and O–H groups in total. The number of fused-ring (bicyclic) bond motifs is 1. The Labute approximate surface area is 127 Å². The van der Waals surface area contributed by atoms with E-state index in [-0.39, 0.29) is 17.5 Å². The molecular formula is C15H18N3O2S+. The van der Waals surface area contributed by atoms with E-state index in [2.05, 4.69) is 11.4 Å². The molecule has 1 aromatic carbocycles. The highest BCUT2D eigenvalue weighted by atomic mass is 32.1. The molecule has 0 amide bonds. The first kappa shape index (κ1) is 14.0. The summed E-state index contributed by atoms with van der Waals surface area (Å²) in [5.41, 5.74) is 2.50. The number of nitrogens with zero attached hydrogens (tertiary/aromatic N) is 2. The van der Waals surface area contributed by atoms with Gasteiger partial charge >= 0.3 is 0 Å². The fraction of sp³-hybridized carbons (Fsp3) is 0.333. The van der Waals surface area contributed by atoms with Crippen molar-refractivity contribution < 1.29 is 10.4 Å². The molecule has 21 heavy (non-hydrogen) atoms. The summed E-state index contributed by atoms with van der Waals surface area (Å²) in [6, 6.07) is 7.89. The average Bonchev–Trinajstić information content (AvgIpc) is 2.51. The van der Waals surface area contributed by atoms with Crippen LogP contribution in [0.4, 0.5) is 0 Å². The lowest BCUT2D eigenvalue weighted by Crippen LogP contribution is -2.87. The molecule has 0 radical (unpaired) electrons. The Kier molecular flexibility index (Phi) is 3.43. The van der Waals surface area contributed by atoms with Crippen molar-refractivity contribution in [3.63, 3.8) is 0 Å². The number of hydrogen-bond acceptors (Lipinski definition) is 3. The van der Waals surface area contributed by atoms with Gasteiger partial charge in [0.25, 0.3) is 5.56 Å². The van der Waals surface area contributed by atoms with Crippen molar-refractivity contribution in [2.45, 2.75) is 12.5 Å². The molecule has 3 rings (SSSR count). The van der Waals surface area contributed by atoms with E-state index in [1.54, 1.807) is 14.1 Å². The third-order valence-corrected chi connectivity index (χ3v) is 4.73. The van der Waals surface area contributed by atoms with Crippen LogP contribution in [0.25, 0.3) is 0 Å². The lowest BCUT2D eigenvalue weighted by molar-refractivity contribution is -0.690. The quantitative estimate of drug-likeness (QED) is 0.748. The van der Waals surface area contributed by atoms with Gasteiger partial charge in [0, 0.05) is 26.1 Å². The number of aromatic hydroxyl groups is 1. The van der Waals surface area contributed by atoms with E-state index in [0.29, 0.717) is 10.3 Å². The van der Waals surface area contributed by atoms with Crippen molar-refractivity contribution in [3.8, 4) is 5.88 Å². The molecule has 1 aliphatic heterocycles. The maximum absolute atomic E-state index is 12.6. The number of hydrogen-bond donors (Lipinski definition) is 2. The van der Waals surface area contributed by atoms with Gasteiger partial charge in [0.15, 0.2) is 4.77 Å². The Morgan fingerprint density at radius 1 is 1.29 bits per heavy atom. The summed E-state index contributed by atoms with van der Waals surface area (Å²) in [5, 5.41) is 12.5. The molecule has 0 spiro atoms. The summed E-state index contributed by atoms with van der Waals surface area (Å²) in [6.45, 7) is 0.892. The van der Waals surface area contributed by atoms with Gasteiger partial charge in [-0.05, 0) is 17.8 Å². The SMILES string of the molecule is Cn1c(O)c([C@@H]2[NH2+]CCc3ccccc32)c(=O)n(C)c1=S. The molecule has 1 aromatic heterocycles. The molecule has 0 saturated heterocycles. The predicted molar refractivity (Wildman–Crippen MR) is 81.9 cm³/mol. The van der Waals surface area contributed by atoms with Crippen molar-refractivity contribution in [1.29, 1.82) is 0 Å². The lowest BCUT2D eigenvalue weighted by Gasteiger charge is -2.25. The molecule has 2 heterocycles. The van der Waals surface area contributed by atoms with E-state index in [0.717, 1.165) is 18.5 Å². The van der Waals surface area contributed by atoms with Crippen molar-refractivity contribution in [2.24, 2.45) is 14.1 Å². The van der Waals surface area contributed by atoms with E-state index in [9.17, 15) is 9.90 Å². The van der Waals surface area contributed by atoms with E-state index in [4.69, 9.17) is 12.2 Å². The van der Waals surface area contributed by atoms with Gasteiger partial charge in [-0.1, -0.05) is 24.3 Å². The molecule has 5 nitrogen and oxygen atoms in total.